The lowest BCUT2D eigenvalue weighted by Crippen LogP contribution is -1.92. The summed E-state index contributed by atoms with van der Waals surface area (Å²) in [6.45, 7) is 5.87. The molecule has 0 radical (unpaired) electrons. The zero-order valence-corrected chi connectivity index (χ0v) is 12.1. The van der Waals surface area contributed by atoms with Crippen molar-refractivity contribution < 1.29 is 0 Å². The predicted molar refractivity (Wildman–Crippen MR) is 88.1 cm³/mol. The van der Waals surface area contributed by atoms with E-state index in [-0.39, 0.29) is 0 Å². The molecule has 2 aromatic carbocycles. The minimum absolute atomic E-state index is 0.909. The maximum Gasteiger partial charge on any atom is 0.0929 e. The van der Waals surface area contributed by atoms with Gasteiger partial charge < -0.3 is 0 Å². The van der Waals surface area contributed by atoms with Gasteiger partial charge in [0.2, 0.25) is 0 Å². The third kappa shape index (κ3) is 2.95. The molecule has 1 N–H and O–H groups in total. The molecule has 0 bridgehead atoms. The maximum atomic E-state index is 4.38. The number of aromatic nitrogens is 2. The van der Waals surface area contributed by atoms with Crippen LogP contribution in [-0.2, 0) is 6.42 Å². The van der Waals surface area contributed by atoms with E-state index >= 15 is 0 Å². The van der Waals surface area contributed by atoms with E-state index in [1.54, 1.807) is 6.08 Å². The molecular formula is C19H18N2. The molecule has 0 saturated heterocycles. The van der Waals surface area contributed by atoms with Crippen molar-refractivity contribution in [2.75, 3.05) is 0 Å². The summed E-state index contributed by atoms with van der Waals surface area (Å²) in [6.07, 6.45) is 2.69. The zero-order valence-electron chi connectivity index (χ0n) is 12.1. The second-order valence-electron chi connectivity index (χ2n) is 5.23. The molecule has 3 aromatic rings. The smallest absolute Gasteiger partial charge is 0.0929 e. The molecule has 0 atom stereocenters. The van der Waals surface area contributed by atoms with Gasteiger partial charge in [0, 0.05) is 5.56 Å². The molecule has 1 aromatic heterocycles. The van der Waals surface area contributed by atoms with E-state index in [2.05, 4.69) is 72.2 Å². The lowest BCUT2D eigenvalue weighted by Gasteiger charge is -2.08. The third-order valence-corrected chi connectivity index (χ3v) is 3.63. The molecule has 0 saturated carbocycles. The standard InChI is InChI=1S/C19H18N2/c1-3-17-13-19(21-20-17)18-7-5-4-6-16(18)12-15-10-8-14(2)9-11-15/h3-11,13H,1,12H2,2H3,(H,20,21). The first-order valence-corrected chi connectivity index (χ1v) is 7.08. The van der Waals surface area contributed by atoms with Crippen LogP contribution < -0.4 is 0 Å². The van der Waals surface area contributed by atoms with Crippen molar-refractivity contribution >= 4 is 6.08 Å². The Hall–Kier alpha value is -2.61. The molecule has 2 nitrogen and oxygen atoms in total. The number of hydrogen-bond donors (Lipinski definition) is 1. The lowest BCUT2D eigenvalue weighted by molar-refractivity contribution is 1.08. The minimum atomic E-state index is 0.909. The van der Waals surface area contributed by atoms with Crippen LogP contribution in [-0.4, -0.2) is 10.2 Å². The van der Waals surface area contributed by atoms with Crippen molar-refractivity contribution in [1.29, 1.82) is 0 Å². The minimum Gasteiger partial charge on any atom is -0.278 e. The predicted octanol–water partition coefficient (Wildman–Crippen LogP) is 4.62. The Morgan fingerprint density at radius 3 is 2.57 bits per heavy atom. The van der Waals surface area contributed by atoms with Gasteiger partial charge in [-0.1, -0.05) is 60.7 Å². The number of hydrogen-bond acceptors (Lipinski definition) is 1. The van der Waals surface area contributed by atoms with Gasteiger partial charge in [0.05, 0.1) is 11.4 Å². The average molecular weight is 274 g/mol. The molecule has 104 valence electrons. The van der Waals surface area contributed by atoms with Crippen molar-refractivity contribution in [3.05, 3.63) is 83.6 Å². The van der Waals surface area contributed by atoms with Gasteiger partial charge in [-0.25, -0.2) is 0 Å². The summed E-state index contributed by atoms with van der Waals surface area (Å²) in [7, 11) is 0. The van der Waals surface area contributed by atoms with E-state index in [9.17, 15) is 0 Å². The van der Waals surface area contributed by atoms with E-state index in [1.165, 1.54) is 22.3 Å². The molecule has 0 aliphatic carbocycles. The fourth-order valence-electron chi connectivity index (χ4n) is 2.43. The normalized spacial score (nSPS) is 10.5. The van der Waals surface area contributed by atoms with Crippen LogP contribution in [0.1, 0.15) is 22.4 Å². The van der Waals surface area contributed by atoms with Gasteiger partial charge >= 0.3 is 0 Å². The second-order valence-corrected chi connectivity index (χ2v) is 5.23. The van der Waals surface area contributed by atoms with Gasteiger partial charge in [0.15, 0.2) is 0 Å². The third-order valence-electron chi connectivity index (χ3n) is 3.63. The molecular weight excluding hydrogens is 256 g/mol. The van der Waals surface area contributed by atoms with Gasteiger partial charge in [0.25, 0.3) is 0 Å². The maximum absolute atomic E-state index is 4.38. The van der Waals surface area contributed by atoms with Crippen LogP contribution in [0.2, 0.25) is 0 Å². The van der Waals surface area contributed by atoms with Crippen molar-refractivity contribution in [3.8, 4) is 11.3 Å². The number of nitrogens with zero attached hydrogens (tertiary/aromatic N) is 1. The Balaban J connectivity index is 1.95. The summed E-state index contributed by atoms with van der Waals surface area (Å²) in [6, 6.07) is 19.1. The molecule has 0 unspecified atom stereocenters. The zero-order chi connectivity index (χ0) is 14.7. The topological polar surface area (TPSA) is 28.7 Å². The fourth-order valence-corrected chi connectivity index (χ4v) is 2.43. The summed E-state index contributed by atoms with van der Waals surface area (Å²) in [5, 5.41) is 7.36. The Kier molecular flexibility index (Phi) is 3.69. The Bertz CT molecular complexity index is 751. The molecule has 1 heterocycles. The highest BCUT2D eigenvalue weighted by Crippen LogP contribution is 2.25. The molecule has 3 rings (SSSR count). The Labute approximate surface area is 125 Å². The second kappa shape index (κ2) is 5.80. The average Bonchev–Trinajstić information content (AvgIpc) is 2.99. The van der Waals surface area contributed by atoms with Crippen LogP contribution in [0.15, 0.2) is 61.2 Å². The van der Waals surface area contributed by atoms with Crippen LogP contribution in [0.3, 0.4) is 0 Å². The van der Waals surface area contributed by atoms with E-state index in [4.69, 9.17) is 0 Å². The molecule has 0 aliphatic heterocycles. The molecule has 0 spiro atoms. The van der Waals surface area contributed by atoms with Crippen molar-refractivity contribution in [2.45, 2.75) is 13.3 Å². The number of nitrogens with one attached hydrogen (secondary N) is 1. The van der Waals surface area contributed by atoms with Crippen LogP contribution in [0.4, 0.5) is 0 Å². The van der Waals surface area contributed by atoms with Gasteiger partial charge in [-0.3, -0.25) is 5.10 Å². The van der Waals surface area contributed by atoms with E-state index in [0.717, 1.165) is 17.8 Å². The molecule has 2 heteroatoms. The Morgan fingerprint density at radius 2 is 1.86 bits per heavy atom. The first-order chi connectivity index (χ1) is 10.3. The SMILES string of the molecule is C=Cc1cc(-c2ccccc2Cc2ccc(C)cc2)n[nH]1. The monoisotopic (exact) mass is 274 g/mol. The van der Waals surface area contributed by atoms with Crippen LogP contribution >= 0.6 is 0 Å². The molecule has 0 fully saturated rings. The highest BCUT2D eigenvalue weighted by Gasteiger charge is 2.08. The number of H-pyrrole nitrogens is 1. The largest absolute Gasteiger partial charge is 0.278 e. The first kappa shape index (κ1) is 13.4. The summed E-state index contributed by atoms with van der Waals surface area (Å²) >= 11 is 0. The quantitative estimate of drug-likeness (QED) is 0.739. The first-order valence-electron chi connectivity index (χ1n) is 7.08. The summed E-state index contributed by atoms with van der Waals surface area (Å²) in [4.78, 5) is 0. The van der Waals surface area contributed by atoms with Gasteiger partial charge in [-0.15, -0.1) is 0 Å². The number of benzene rings is 2. The van der Waals surface area contributed by atoms with E-state index in [1.807, 2.05) is 6.07 Å². The summed E-state index contributed by atoms with van der Waals surface area (Å²) in [5.41, 5.74) is 6.95. The Morgan fingerprint density at radius 1 is 1.10 bits per heavy atom. The highest BCUT2D eigenvalue weighted by molar-refractivity contribution is 5.66. The van der Waals surface area contributed by atoms with Crippen molar-refractivity contribution in [2.24, 2.45) is 0 Å². The summed E-state index contributed by atoms with van der Waals surface area (Å²) in [5.74, 6) is 0. The van der Waals surface area contributed by atoms with Gasteiger partial charge in [-0.05, 0) is 36.6 Å². The molecule has 21 heavy (non-hydrogen) atoms. The molecule has 0 amide bonds. The van der Waals surface area contributed by atoms with Gasteiger partial charge in [0.1, 0.15) is 0 Å². The highest BCUT2D eigenvalue weighted by atomic mass is 15.1. The van der Waals surface area contributed by atoms with E-state index < -0.39 is 0 Å². The van der Waals surface area contributed by atoms with Crippen LogP contribution in [0.5, 0.6) is 0 Å². The fraction of sp³-hybridized carbons (Fsp3) is 0.105. The number of aryl methyl sites for hydroxylation is 1. The van der Waals surface area contributed by atoms with Crippen LogP contribution in [0, 0.1) is 6.92 Å². The lowest BCUT2D eigenvalue weighted by atomic mass is 9.97. The summed E-state index contributed by atoms with van der Waals surface area (Å²) < 4.78 is 0. The van der Waals surface area contributed by atoms with Gasteiger partial charge in [-0.2, -0.15) is 5.10 Å². The van der Waals surface area contributed by atoms with Crippen molar-refractivity contribution in [1.82, 2.24) is 10.2 Å². The van der Waals surface area contributed by atoms with Crippen molar-refractivity contribution in [3.63, 3.8) is 0 Å². The van der Waals surface area contributed by atoms with Crippen LogP contribution in [0.25, 0.3) is 17.3 Å². The number of rotatable bonds is 4. The number of aromatic amines is 1. The molecule has 0 aliphatic rings. The van der Waals surface area contributed by atoms with E-state index in [0.29, 0.717) is 0 Å².